The first kappa shape index (κ1) is 41.9. The number of aliphatic hydroxyl groups is 1. The fraction of sp³-hybridized carbons (Fsp3) is 0.452. The molecule has 4 heterocycles. The first-order chi connectivity index (χ1) is 28.0. The van der Waals surface area contributed by atoms with Gasteiger partial charge in [0, 0.05) is 42.4 Å². The van der Waals surface area contributed by atoms with Crippen LogP contribution in [0.1, 0.15) is 119 Å². The lowest BCUT2D eigenvalue weighted by Gasteiger charge is -2.30. The van der Waals surface area contributed by atoms with Gasteiger partial charge in [-0.1, -0.05) is 12.1 Å². The number of carbonyl (C=O) groups excluding carboxylic acids is 5. The van der Waals surface area contributed by atoms with E-state index in [0.717, 1.165) is 78.4 Å². The smallest absolute Gasteiger partial charge is 0.386 e. The Kier molecular flexibility index (Phi) is 11.9. The molecule has 2 aliphatic heterocycles. The number of hydrogen-bond acceptors (Lipinski definition) is 11. The van der Waals surface area contributed by atoms with E-state index in [-0.39, 0.29) is 35.6 Å². The number of carbonyl (C=O) groups is 5. The summed E-state index contributed by atoms with van der Waals surface area (Å²) >= 11 is 1.52. The molecule has 0 spiro atoms. The number of fused-ring (bicyclic) bond motifs is 2. The van der Waals surface area contributed by atoms with Crippen molar-refractivity contribution in [3.8, 4) is 0 Å². The normalized spacial score (nSPS) is 20.0. The van der Waals surface area contributed by atoms with Crippen molar-refractivity contribution >= 4 is 62.5 Å². The van der Waals surface area contributed by atoms with Gasteiger partial charge in [-0.2, -0.15) is 13.2 Å². The molecule has 1 aliphatic carbocycles. The predicted molar refractivity (Wildman–Crippen MR) is 215 cm³/mol. The van der Waals surface area contributed by atoms with Crippen LogP contribution in [0.2, 0.25) is 0 Å². The van der Waals surface area contributed by atoms with Crippen LogP contribution in [-0.4, -0.2) is 87.1 Å². The maximum atomic E-state index is 13.4. The number of alkyl halides is 3. The van der Waals surface area contributed by atoms with Crippen LogP contribution in [0.15, 0.2) is 48.5 Å². The van der Waals surface area contributed by atoms with Gasteiger partial charge in [0.15, 0.2) is 0 Å². The Hall–Kier alpha value is -5.26. The highest BCUT2D eigenvalue weighted by molar-refractivity contribution is 7.18. The summed E-state index contributed by atoms with van der Waals surface area (Å²) in [5.74, 6) is -2.16. The minimum Gasteiger partial charge on any atom is -0.386 e. The average Bonchev–Trinajstić information content (AvgIpc) is 3.71. The van der Waals surface area contributed by atoms with Crippen LogP contribution in [0.25, 0.3) is 10.2 Å². The van der Waals surface area contributed by atoms with Crippen LogP contribution in [0.4, 0.5) is 24.5 Å². The summed E-state index contributed by atoms with van der Waals surface area (Å²) < 4.78 is 40.5. The lowest BCUT2D eigenvalue weighted by Crippen LogP contribution is -2.54. The molecule has 13 nitrogen and oxygen atoms in total. The van der Waals surface area contributed by atoms with E-state index in [1.54, 1.807) is 44.2 Å². The predicted octanol–water partition coefficient (Wildman–Crippen LogP) is 6.69. The molecular weight excluding hydrogens is 788 g/mol. The number of anilines is 2. The molecule has 5 amide bonds. The molecule has 2 aromatic carbocycles. The Labute approximate surface area is 342 Å². The van der Waals surface area contributed by atoms with Crippen molar-refractivity contribution in [3.63, 3.8) is 0 Å². The number of halogens is 3. The average molecular weight is 834 g/mol. The highest BCUT2D eigenvalue weighted by Gasteiger charge is 2.45. The van der Waals surface area contributed by atoms with Crippen molar-refractivity contribution in [2.24, 2.45) is 5.92 Å². The molecule has 2 aromatic heterocycles. The van der Waals surface area contributed by atoms with Gasteiger partial charge in [-0.3, -0.25) is 34.2 Å². The van der Waals surface area contributed by atoms with Gasteiger partial charge < -0.3 is 20.6 Å². The van der Waals surface area contributed by atoms with E-state index in [1.807, 2.05) is 0 Å². The maximum Gasteiger partial charge on any atom is 0.433 e. The van der Waals surface area contributed by atoms with Crippen LogP contribution in [0.5, 0.6) is 0 Å². The summed E-state index contributed by atoms with van der Waals surface area (Å²) in [6.07, 6.45) is 1.23. The fourth-order valence-electron chi connectivity index (χ4n) is 8.20. The molecular formula is C42H46F3N7O6S. The number of nitrogens with one attached hydrogen (secondary N) is 3. The molecule has 17 heteroatoms. The number of thiazole rings is 1. The number of rotatable bonds is 13. The molecule has 312 valence electrons. The zero-order chi connectivity index (χ0) is 42.2. The van der Waals surface area contributed by atoms with Gasteiger partial charge in [0.25, 0.3) is 17.7 Å². The van der Waals surface area contributed by atoms with Crippen LogP contribution in [-0.2, 0) is 21.4 Å². The molecule has 4 N–H and O–H groups in total. The van der Waals surface area contributed by atoms with Gasteiger partial charge in [0.2, 0.25) is 11.8 Å². The lowest BCUT2D eigenvalue weighted by molar-refractivity contribution is -0.141. The molecule has 59 heavy (non-hydrogen) atoms. The fourth-order valence-corrected chi connectivity index (χ4v) is 9.35. The molecule has 1 saturated heterocycles. The van der Waals surface area contributed by atoms with Crippen molar-refractivity contribution in [3.05, 3.63) is 81.6 Å². The second kappa shape index (κ2) is 16.8. The van der Waals surface area contributed by atoms with Crippen LogP contribution in [0.3, 0.4) is 0 Å². The van der Waals surface area contributed by atoms with E-state index in [2.05, 4.69) is 32.9 Å². The second-order valence-corrected chi connectivity index (χ2v) is 17.2. The van der Waals surface area contributed by atoms with Gasteiger partial charge in [-0.15, -0.1) is 11.3 Å². The largest absolute Gasteiger partial charge is 0.433 e. The standard InChI is InChI=1S/C42H46F3N7O6S/c1-41(2,58)26-20-30-32(21-29(26)48-36(54)28-10-7-11-33(47-28)42(43,44)45)59-38(49-30)24-14-12-23(13-15-24)22-51(3)19-5-4-18-46-27-9-6-8-25-35(27)40(57)52(39(25)56)31-16-17-34(53)50-37(31)55/h6-11,20-21,23-24,31,46,58H,4-5,12-19,22H2,1-3H3,(H,48,54)(H,50,53,55). The summed E-state index contributed by atoms with van der Waals surface area (Å²) in [6, 6.07) is 10.6. The van der Waals surface area contributed by atoms with E-state index in [9.17, 15) is 42.3 Å². The number of nitrogens with zero attached hydrogens (tertiary/aromatic N) is 4. The number of unbranched alkanes of at least 4 members (excludes halogenated alkanes) is 1. The highest BCUT2D eigenvalue weighted by Crippen LogP contribution is 2.42. The second-order valence-electron chi connectivity index (χ2n) is 16.1. The van der Waals surface area contributed by atoms with Crippen molar-refractivity contribution in [2.75, 3.05) is 37.3 Å². The summed E-state index contributed by atoms with van der Waals surface area (Å²) in [7, 11) is 2.12. The van der Waals surface area contributed by atoms with E-state index in [1.165, 1.54) is 17.4 Å². The monoisotopic (exact) mass is 833 g/mol. The third kappa shape index (κ3) is 9.16. The first-order valence-electron chi connectivity index (χ1n) is 19.8. The number of piperidine rings is 1. The third-order valence-corrected chi connectivity index (χ3v) is 12.4. The van der Waals surface area contributed by atoms with E-state index >= 15 is 0 Å². The molecule has 0 radical (unpaired) electrons. The van der Waals surface area contributed by atoms with Gasteiger partial charge in [-0.25, -0.2) is 9.97 Å². The summed E-state index contributed by atoms with van der Waals surface area (Å²) in [6.45, 7) is 5.57. The zero-order valence-electron chi connectivity index (χ0n) is 32.9. The topological polar surface area (TPSA) is 174 Å². The Bertz CT molecular complexity index is 2300. The molecule has 1 atom stereocenters. The van der Waals surface area contributed by atoms with Crippen LogP contribution < -0.4 is 16.0 Å². The van der Waals surface area contributed by atoms with Gasteiger partial charge >= 0.3 is 6.18 Å². The van der Waals surface area contributed by atoms with Crippen molar-refractivity contribution in [1.29, 1.82) is 0 Å². The Morgan fingerprint density at radius 2 is 1.71 bits per heavy atom. The minimum absolute atomic E-state index is 0.0629. The number of aromatic nitrogens is 2. The molecule has 1 saturated carbocycles. The Morgan fingerprint density at radius 3 is 2.42 bits per heavy atom. The summed E-state index contributed by atoms with van der Waals surface area (Å²) in [5, 5.41) is 20.1. The lowest BCUT2D eigenvalue weighted by atomic mass is 9.82. The Morgan fingerprint density at radius 1 is 0.966 bits per heavy atom. The molecule has 0 bridgehead atoms. The van der Waals surface area contributed by atoms with Crippen molar-refractivity contribution < 1.29 is 42.3 Å². The quantitative estimate of drug-likeness (QED) is 0.0840. The number of hydrogen-bond donors (Lipinski definition) is 4. The SMILES string of the molecule is CN(CCCCNc1cccc2c1C(=O)N(C1CCC(=O)NC1=O)C2=O)CC1CCC(c2nc3cc(C(C)(C)O)c(NC(=O)c4cccc(C(F)(F)F)n4)cc3s2)CC1. The minimum atomic E-state index is -4.70. The van der Waals surface area contributed by atoms with Gasteiger partial charge in [0.1, 0.15) is 17.4 Å². The molecule has 4 aromatic rings. The van der Waals surface area contributed by atoms with Crippen molar-refractivity contribution in [2.45, 2.75) is 89.0 Å². The van der Waals surface area contributed by atoms with Crippen LogP contribution in [0, 0.1) is 5.92 Å². The number of amides is 5. The first-order valence-corrected chi connectivity index (χ1v) is 20.6. The van der Waals surface area contributed by atoms with Crippen LogP contribution >= 0.6 is 11.3 Å². The van der Waals surface area contributed by atoms with E-state index < -0.39 is 58.7 Å². The van der Waals surface area contributed by atoms with Crippen molar-refractivity contribution in [1.82, 2.24) is 25.1 Å². The highest BCUT2D eigenvalue weighted by atomic mass is 32.1. The van der Waals surface area contributed by atoms with Gasteiger partial charge in [-0.05, 0) is 115 Å². The summed E-state index contributed by atoms with van der Waals surface area (Å²) in [5.41, 5.74) is -0.548. The number of imide groups is 2. The number of benzene rings is 2. The number of pyridine rings is 1. The summed E-state index contributed by atoms with van der Waals surface area (Å²) in [4.78, 5) is 75.3. The van der Waals surface area contributed by atoms with E-state index in [4.69, 9.17) is 4.98 Å². The molecule has 1 unspecified atom stereocenters. The van der Waals surface area contributed by atoms with E-state index in [0.29, 0.717) is 29.2 Å². The van der Waals surface area contributed by atoms with Gasteiger partial charge in [0.05, 0.1) is 32.0 Å². The molecule has 3 aliphatic rings. The zero-order valence-corrected chi connectivity index (χ0v) is 33.8. The Balaban J connectivity index is 0.888. The molecule has 2 fully saturated rings. The molecule has 7 rings (SSSR count). The third-order valence-electron chi connectivity index (χ3n) is 11.2. The maximum absolute atomic E-state index is 13.4.